The Morgan fingerprint density at radius 1 is 0.489 bits per heavy atom. The minimum atomic E-state index is -1.48. The largest absolute Gasteiger partial charge is 0.498 e. The summed E-state index contributed by atoms with van der Waals surface area (Å²) < 4.78 is 141. The normalized spacial score (nSPS) is 13.9. The van der Waals surface area contributed by atoms with Crippen LogP contribution < -0.4 is 33.7 Å². The first kappa shape index (κ1) is 114. The molecule has 0 radical (unpaired) electrons. The third-order valence-electron chi connectivity index (χ3n) is 21.6. The Labute approximate surface area is 860 Å². The first-order valence-corrected chi connectivity index (χ1v) is 46.1. The fraction of sp³-hybridized carbons (Fsp3) is 0.280. The van der Waals surface area contributed by atoms with Gasteiger partial charge in [-0.3, -0.25) is 9.18 Å². The molecule has 3 aromatic heterocycles. The van der Waals surface area contributed by atoms with E-state index < -0.39 is 90.5 Å². The molecule has 4 saturated heterocycles. The molecule has 0 saturated carbocycles. The third kappa shape index (κ3) is 34.1. The van der Waals surface area contributed by atoms with Crippen LogP contribution in [0.15, 0.2) is 176 Å². The van der Waals surface area contributed by atoms with Gasteiger partial charge in [0, 0.05) is 117 Å². The zero-order chi connectivity index (χ0) is 106. The highest BCUT2D eigenvalue weighted by Gasteiger charge is 2.52. The van der Waals surface area contributed by atoms with Gasteiger partial charge >= 0.3 is 37.0 Å². The maximum Gasteiger partial charge on any atom is 0.498 e. The summed E-state index contributed by atoms with van der Waals surface area (Å²) in [5.41, 5.74) is 28.0. The number of anilines is 3. The number of ether oxygens (including phenoxy) is 5. The number of amides is 1. The highest BCUT2D eigenvalue weighted by Crippen LogP contribution is 2.40. The number of nitrogen functional groups attached to an aromatic ring is 3. The van der Waals surface area contributed by atoms with Gasteiger partial charge in [0.15, 0.2) is 0 Å². The standard InChI is InChI=1S/C25H23FN4O2.C18H16FN3O3.C16H25BN2O3.C9H5ClFNO2.C8H5ClFIO2.C7H3ClFIO2.C7H4ClFO2.C7H9N.C2H6.CH3F/c26-22-12-18(21-11-20(15-29-24(21)28)17-6-8-32-9-7-17)10-19(13-27)23(22)25(31)30-14-16-4-2-1-3-5-16;19-15-7-11(5-12(8-20)16(15)18(23)24)14-6-13(9-22-17(14)21)10-1-3-25-4-2-10;1-15(2)16(3,4)22-17(21-15)13-9-12(10-19-14(13)18)11-5-7-20-8-6-11;1-14-9(13)8-5(4-12)2-6(10)3-7(8)11;1-13-8(12)7-5(10)2-4(9)3-6(7)11;8-3-1-4(9)6(7(11)12)5(10)2-3;8-4-1-2-5(7(10)11)6(9)3-4;8-6-7-4-2-1-3-5-7;2*1-2/h1-5,10-12,15,17H,6-9,14H2,(H2,28,29)(H,30,31);5-7,9-10H,1-4H2,(H2,21,22)(H,23,24);9-11H,5-8H2,1-4H3,(H2,18,19);2-3H,1H3;2-3H,1H3;1-2H,(H,11,12);1-3H,(H,10,11);1-5H,6,8H2;1-2H3;1H3/i;;;;;;;;2*1D. The number of nitrogens with zero attached hydrogens (tertiary/aromatic N) is 6. The molecule has 1 amide bonds. The van der Waals surface area contributed by atoms with Gasteiger partial charge in [0.25, 0.3) is 5.91 Å². The Morgan fingerprint density at radius 3 is 1.23 bits per heavy atom. The van der Waals surface area contributed by atoms with Crippen molar-refractivity contribution in [3.8, 4) is 40.5 Å². The van der Waals surface area contributed by atoms with Gasteiger partial charge < -0.3 is 76.6 Å². The lowest BCUT2D eigenvalue weighted by Gasteiger charge is -2.32. The zero-order valence-corrected chi connectivity index (χ0v) is 84.3. The van der Waals surface area contributed by atoms with E-state index in [0.29, 0.717) is 86.9 Å². The van der Waals surface area contributed by atoms with Gasteiger partial charge in [0.2, 0.25) is 0 Å². The number of nitrogens with one attached hydrogen (secondary N) is 1. The summed E-state index contributed by atoms with van der Waals surface area (Å²) in [7, 11) is 0.849. The number of carboxylic acids is 3. The molecule has 41 heteroatoms. The summed E-state index contributed by atoms with van der Waals surface area (Å²) in [6, 6.07) is 46.1. The second-order valence-corrected chi connectivity index (χ2v) is 35.2. The van der Waals surface area contributed by atoms with Crippen LogP contribution in [0, 0.1) is 76.0 Å². The topological polar surface area (TPSA) is 454 Å². The van der Waals surface area contributed by atoms with E-state index in [4.69, 9.17) is 121 Å². The van der Waals surface area contributed by atoms with Crippen molar-refractivity contribution in [2.24, 2.45) is 5.73 Å². The average molecular weight is 2250 g/mol. The van der Waals surface area contributed by atoms with Crippen LogP contribution in [0.25, 0.3) is 22.3 Å². The van der Waals surface area contributed by atoms with Gasteiger partial charge in [-0.1, -0.05) is 127 Å². The van der Waals surface area contributed by atoms with Gasteiger partial charge in [-0.15, -0.1) is 0 Å². The van der Waals surface area contributed by atoms with Crippen molar-refractivity contribution >= 4 is 157 Å². The summed E-state index contributed by atoms with van der Waals surface area (Å²) in [5, 5.41) is 56.8. The van der Waals surface area contributed by atoms with Crippen molar-refractivity contribution in [1.82, 2.24) is 20.3 Å². The molecule has 8 aromatic carbocycles. The first-order valence-electron chi connectivity index (χ1n) is 43.9. The van der Waals surface area contributed by atoms with Crippen LogP contribution in [0.5, 0.6) is 0 Å². The highest BCUT2D eigenvalue weighted by molar-refractivity contribution is 14.1. The minimum absolute atomic E-state index is 0.0542. The molecule has 12 N–H and O–H groups in total. The summed E-state index contributed by atoms with van der Waals surface area (Å²) in [4.78, 5) is 79.5. The van der Waals surface area contributed by atoms with E-state index >= 15 is 4.39 Å². The second-order valence-electron chi connectivity index (χ2n) is 31.2. The van der Waals surface area contributed by atoms with Gasteiger partial charge in [-0.05, 0) is 259 Å². The lowest BCUT2D eigenvalue weighted by Crippen LogP contribution is -2.41. The summed E-state index contributed by atoms with van der Waals surface area (Å²) in [6.07, 6.45) is 10.8. The Kier molecular flexibility index (Phi) is 46.7. The number of carbonyl (C=O) groups excluding carboxylic acids is 3. The average Bonchev–Trinajstić information content (AvgIpc) is 1.65. The van der Waals surface area contributed by atoms with Gasteiger partial charge in [-0.25, -0.2) is 65.3 Å². The predicted molar refractivity (Wildman–Crippen MR) is 540 cm³/mol. The van der Waals surface area contributed by atoms with Crippen molar-refractivity contribution in [1.29, 1.82) is 15.8 Å². The van der Waals surface area contributed by atoms with Gasteiger partial charge in [-0.2, -0.15) is 15.8 Å². The number of hydrogen-bond donors (Lipinski definition) is 8. The van der Waals surface area contributed by atoms with E-state index in [0.717, 1.165) is 117 Å². The van der Waals surface area contributed by atoms with E-state index in [9.17, 15) is 60.4 Å². The summed E-state index contributed by atoms with van der Waals surface area (Å²) in [6.45, 7) is 15.7. The maximum atomic E-state index is 15.1. The van der Waals surface area contributed by atoms with Crippen LogP contribution >= 0.6 is 91.6 Å². The molecule has 141 heavy (non-hydrogen) atoms. The van der Waals surface area contributed by atoms with E-state index in [1.54, 1.807) is 54.0 Å². The number of halogens is 13. The quantitative estimate of drug-likeness (QED) is 0.0204. The first-order chi connectivity index (χ1) is 67.9. The number of nitrogens with two attached hydrogens (primary N) is 4. The number of aromatic carboxylic acids is 3. The molecule has 0 aliphatic carbocycles. The molecule has 4 fully saturated rings. The number of benzene rings is 8. The Balaban J connectivity index is 0.000000257. The molecule has 15 rings (SSSR count). The molecule has 7 heterocycles. The van der Waals surface area contributed by atoms with Crippen LogP contribution in [0.2, 0.25) is 20.1 Å². The number of carboxylic acid groups (broad SMARTS) is 3. The number of hydrogen-bond acceptors (Lipinski definition) is 23. The molecular weight excluding hydrogens is 2150 g/mol. The van der Waals surface area contributed by atoms with Crippen molar-refractivity contribution in [3.05, 3.63) is 316 Å². The van der Waals surface area contributed by atoms with Crippen molar-refractivity contribution < 1.29 is 111 Å². The Bertz CT molecular complexity index is 6310. The number of rotatable bonds is 15. The van der Waals surface area contributed by atoms with Gasteiger partial charge in [0.05, 0.1) is 61.8 Å². The molecule has 4 aliphatic rings. The number of esters is 2. The predicted octanol–water partition coefficient (Wildman–Crippen LogP) is 21.7. The SMILES string of the molecule is CC1(C)OB(c2cc(C3CCOCC3)cnc2N)OC1(C)C.COC(=O)c1c(F)cc(Cl)cc1C#N.COC(=O)c1c(F)cc(Cl)cc1I.N#Cc1cc(-c2cc(C3CCOCC3)cnc2N)cc(F)c1C(=O)NCc1ccccc1.N#Cc1cc(-c2cc(C3CCOCC3)cnc2N)cc(F)c1C(=O)O.NCc1ccccc1.O=C(O)c1c(F)cc(Cl)cc1I.O=C(O)c1ccc(Cl)cc1F.[2H]CC.[2H]CF. The summed E-state index contributed by atoms with van der Waals surface area (Å²) in [5.74, 6) is -9.23. The molecule has 4 aliphatic heterocycles. The number of methoxy groups -OCH3 is 2. The van der Waals surface area contributed by atoms with Gasteiger partial charge in [0.1, 0.15) is 92.8 Å². The molecule has 0 spiro atoms. The van der Waals surface area contributed by atoms with E-state index in [1.165, 1.54) is 60.7 Å². The minimum Gasteiger partial charge on any atom is -0.478 e. The molecule has 744 valence electrons. The Hall–Kier alpha value is -12.1. The lowest BCUT2D eigenvalue weighted by atomic mass is 9.77. The van der Waals surface area contributed by atoms with Crippen molar-refractivity contribution in [2.45, 2.75) is 122 Å². The highest BCUT2D eigenvalue weighted by atomic mass is 127. The monoisotopic (exact) mass is 2250 g/mol. The molecular formula is C100H99BCl4F7I2N11O16. The number of alkyl halides is 1. The van der Waals surface area contributed by atoms with E-state index in [-0.39, 0.29) is 99.9 Å². The Morgan fingerprint density at radius 2 is 0.844 bits per heavy atom. The lowest BCUT2D eigenvalue weighted by molar-refractivity contribution is 0.00578. The molecule has 0 atom stereocenters. The van der Waals surface area contributed by atoms with Crippen LogP contribution in [-0.4, -0.2) is 145 Å². The van der Waals surface area contributed by atoms with E-state index in [1.807, 2.05) is 135 Å². The fourth-order valence-electron chi connectivity index (χ4n) is 13.7. The van der Waals surface area contributed by atoms with Crippen molar-refractivity contribution in [3.63, 3.8) is 0 Å². The van der Waals surface area contributed by atoms with Crippen LogP contribution in [-0.2, 0) is 46.1 Å². The molecule has 0 bridgehead atoms. The number of pyridine rings is 3. The zero-order valence-electron chi connectivity index (χ0n) is 78.9. The smallest absolute Gasteiger partial charge is 0.478 e. The summed E-state index contributed by atoms with van der Waals surface area (Å²) >= 11 is 25.5. The van der Waals surface area contributed by atoms with Crippen LogP contribution in [0.1, 0.15) is 207 Å². The number of nitriles is 3. The molecule has 11 aromatic rings. The van der Waals surface area contributed by atoms with Crippen LogP contribution in [0.4, 0.5) is 48.2 Å². The fourth-order valence-corrected chi connectivity index (χ4v) is 16.5. The number of carbonyl (C=O) groups is 6. The number of aromatic nitrogens is 3. The third-order valence-corrected chi connectivity index (χ3v) is 24.2. The van der Waals surface area contributed by atoms with Crippen molar-refractivity contribution in [2.75, 3.05) is 78.2 Å². The van der Waals surface area contributed by atoms with E-state index in [2.05, 4.69) is 35.8 Å². The molecule has 0 unspecified atom stereocenters. The van der Waals surface area contributed by atoms with Crippen LogP contribution in [0.3, 0.4) is 0 Å². The maximum absolute atomic E-state index is 15.1. The second kappa shape index (κ2) is 57.7. The molecule has 27 nitrogen and oxygen atoms in total.